The van der Waals surface area contributed by atoms with Crippen LogP contribution in [-0.2, 0) is 10.0 Å². The van der Waals surface area contributed by atoms with Gasteiger partial charge >= 0.3 is 0 Å². The van der Waals surface area contributed by atoms with Crippen LogP contribution in [0.2, 0.25) is 5.02 Å². The van der Waals surface area contributed by atoms with Gasteiger partial charge in [0.1, 0.15) is 0 Å². The molecule has 10 heteroatoms. The predicted octanol–water partition coefficient (Wildman–Crippen LogP) is 2.40. The summed E-state index contributed by atoms with van der Waals surface area (Å²) >= 11 is 8.72. The van der Waals surface area contributed by atoms with Crippen molar-refractivity contribution in [3.05, 3.63) is 27.7 Å². The summed E-state index contributed by atoms with van der Waals surface area (Å²) in [7, 11) is -4.07. The van der Waals surface area contributed by atoms with E-state index in [1.54, 1.807) is 4.72 Å². The van der Waals surface area contributed by atoms with Crippen molar-refractivity contribution in [2.45, 2.75) is 10.8 Å². The maximum Gasteiger partial charge on any atom is 0.273 e. The van der Waals surface area contributed by atoms with Crippen LogP contribution in [0, 0.1) is 0 Å². The highest BCUT2D eigenvalue weighted by molar-refractivity contribution is 9.10. The van der Waals surface area contributed by atoms with Crippen molar-refractivity contribution in [1.29, 1.82) is 0 Å². The summed E-state index contributed by atoms with van der Waals surface area (Å²) in [5.41, 5.74) is 4.81. The molecule has 0 aliphatic heterocycles. The molecule has 0 saturated carbocycles. The zero-order chi connectivity index (χ0) is 14.0. The summed E-state index contributed by atoms with van der Waals surface area (Å²) in [6.45, 7) is -2.00. The molecule has 0 aromatic heterocycles. The van der Waals surface area contributed by atoms with Crippen LogP contribution < -0.4 is 10.5 Å². The van der Waals surface area contributed by atoms with Crippen molar-refractivity contribution in [3.8, 4) is 0 Å². The van der Waals surface area contributed by atoms with Gasteiger partial charge in [-0.05, 0) is 28.1 Å². The zero-order valence-corrected chi connectivity index (χ0v) is 13.3. The third-order valence-electron chi connectivity index (χ3n) is 2.03. The molecule has 0 aliphatic rings. The van der Waals surface area contributed by atoms with Gasteiger partial charge in [0.05, 0.1) is 27.5 Å². The summed E-state index contributed by atoms with van der Waals surface area (Å²) in [4.78, 5) is -0.206. The van der Waals surface area contributed by atoms with Gasteiger partial charge in [0.2, 0.25) is 10.0 Å². The van der Waals surface area contributed by atoms with Crippen LogP contribution in [0.3, 0.4) is 0 Å². The summed E-state index contributed by atoms with van der Waals surface area (Å²) in [6, 6.07) is 4.13. The zero-order valence-electron chi connectivity index (χ0n) is 9.37. The second kappa shape index (κ2) is 7.14. The molecule has 0 amide bonds. The number of alkyl halides is 2. The Balaban J connectivity index is 0.00000324. The van der Waals surface area contributed by atoms with Crippen molar-refractivity contribution in [2.75, 3.05) is 13.1 Å². The van der Waals surface area contributed by atoms with E-state index in [1.165, 1.54) is 18.2 Å². The Morgan fingerprint density at radius 1 is 1.42 bits per heavy atom. The Bertz CT molecular complexity index is 543. The number of nitrogens with two attached hydrogens (primary N) is 1. The number of nitrogens with one attached hydrogen (secondary N) is 1. The minimum absolute atomic E-state index is 0. The third kappa shape index (κ3) is 5.13. The molecule has 0 saturated heterocycles. The first-order valence-electron chi connectivity index (χ1n) is 4.71. The van der Waals surface area contributed by atoms with E-state index in [0.29, 0.717) is 0 Å². The Hall–Kier alpha value is 0.01000. The van der Waals surface area contributed by atoms with Crippen LogP contribution >= 0.6 is 39.9 Å². The molecule has 0 atom stereocenters. The van der Waals surface area contributed by atoms with Crippen LogP contribution in [-0.4, -0.2) is 27.4 Å². The Labute approximate surface area is 129 Å². The minimum Gasteiger partial charge on any atom is -0.325 e. The van der Waals surface area contributed by atoms with Crippen LogP contribution in [0.1, 0.15) is 0 Å². The number of hydrogen-bond donors (Lipinski definition) is 2. The van der Waals surface area contributed by atoms with Gasteiger partial charge in [0.25, 0.3) is 5.92 Å². The van der Waals surface area contributed by atoms with Gasteiger partial charge in [-0.15, -0.1) is 12.4 Å². The lowest BCUT2D eigenvalue weighted by atomic mass is 10.3. The van der Waals surface area contributed by atoms with Gasteiger partial charge in [-0.3, -0.25) is 0 Å². The molecule has 19 heavy (non-hydrogen) atoms. The first-order chi connectivity index (χ1) is 8.19. The molecular formula is C9H11BrCl2F2N2O2S. The van der Waals surface area contributed by atoms with Gasteiger partial charge in [-0.1, -0.05) is 17.7 Å². The second-order valence-corrected chi connectivity index (χ2v) is 6.37. The molecule has 1 aromatic carbocycles. The van der Waals surface area contributed by atoms with Crippen LogP contribution in [0.4, 0.5) is 8.78 Å². The predicted molar refractivity (Wildman–Crippen MR) is 75.6 cm³/mol. The summed E-state index contributed by atoms with van der Waals surface area (Å²) < 4.78 is 51.3. The average Bonchev–Trinajstić information content (AvgIpc) is 2.30. The van der Waals surface area contributed by atoms with Crippen molar-refractivity contribution in [2.24, 2.45) is 5.73 Å². The standard InChI is InChI=1S/C9H10BrClF2N2O2S.ClH/c10-8-6(11)2-1-3-7(8)18(16,17)15-5-9(12,13)4-14;/h1-3,15H,4-5,14H2;1H. The molecule has 3 N–H and O–H groups in total. The lowest BCUT2D eigenvalue weighted by molar-refractivity contribution is 0.0170. The van der Waals surface area contributed by atoms with E-state index in [4.69, 9.17) is 17.3 Å². The lowest BCUT2D eigenvalue weighted by Crippen LogP contribution is -2.41. The summed E-state index contributed by atoms with van der Waals surface area (Å²) in [5.74, 6) is -3.29. The number of hydrogen-bond acceptors (Lipinski definition) is 3. The summed E-state index contributed by atoms with van der Waals surface area (Å²) in [6.07, 6.45) is 0. The SMILES string of the molecule is Cl.NCC(F)(F)CNS(=O)(=O)c1cccc(Cl)c1Br. The monoisotopic (exact) mass is 398 g/mol. The lowest BCUT2D eigenvalue weighted by Gasteiger charge is -2.15. The Morgan fingerprint density at radius 2 is 2.00 bits per heavy atom. The molecule has 0 fully saturated rings. The number of rotatable bonds is 5. The molecule has 0 spiro atoms. The average molecular weight is 400 g/mol. The largest absolute Gasteiger partial charge is 0.325 e. The van der Waals surface area contributed by atoms with Gasteiger partial charge in [-0.2, -0.15) is 0 Å². The Morgan fingerprint density at radius 3 is 2.53 bits per heavy atom. The Kier molecular flexibility index (Phi) is 7.15. The van der Waals surface area contributed by atoms with E-state index in [9.17, 15) is 17.2 Å². The first-order valence-corrected chi connectivity index (χ1v) is 7.36. The number of halogens is 5. The number of sulfonamides is 1. The van der Waals surface area contributed by atoms with Crippen LogP contribution in [0.15, 0.2) is 27.6 Å². The van der Waals surface area contributed by atoms with E-state index in [2.05, 4.69) is 15.9 Å². The molecule has 1 rings (SSSR count). The van der Waals surface area contributed by atoms with Crippen molar-refractivity contribution in [3.63, 3.8) is 0 Å². The highest BCUT2D eigenvalue weighted by Crippen LogP contribution is 2.29. The fourth-order valence-electron chi connectivity index (χ4n) is 1.04. The maximum atomic E-state index is 12.9. The highest BCUT2D eigenvalue weighted by atomic mass is 79.9. The fourth-order valence-corrected chi connectivity index (χ4v) is 3.34. The van der Waals surface area contributed by atoms with Gasteiger partial charge in [-0.25, -0.2) is 21.9 Å². The van der Waals surface area contributed by atoms with E-state index in [1.807, 2.05) is 0 Å². The highest BCUT2D eigenvalue weighted by Gasteiger charge is 2.30. The molecule has 0 unspecified atom stereocenters. The molecular weight excluding hydrogens is 389 g/mol. The fraction of sp³-hybridized carbons (Fsp3) is 0.333. The first kappa shape index (κ1) is 19.0. The maximum absolute atomic E-state index is 12.9. The van der Waals surface area contributed by atoms with E-state index < -0.39 is 29.0 Å². The topological polar surface area (TPSA) is 72.2 Å². The second-order valence-electron chi connectivity index (χ2n) is 3.44. The van der Waals surface area contributed by atoms with E-state index in [0.717, 1.165) is 0 Å². The van der Waals surface area contributed by atoms with Gasteiger partial charge in [0.15, 0.2) is 0 Å². The third-order valence-corrected chi connectivity index (χ3v) is 5.13. The molecule has 0 bridgehead atoms. The molecule has 0 heterocycles. The van der Waals surface area contributed by atoms with Crippen molar-refractivity contribution < 1.29 is 17.2 Å². The smallest absolute Gasteiger partial charge is 0.273 e. The van der Waals surface area contributed by atoms with E-state index in [-0.39, 0.29) is 26.8 Å². The number of benzene rings is 1. The molecule has 0 aliphatic carbocycles. The summed E-state index contributed by atoms with van der Waals surface area (Å²) in [5, 5.41) is 0.170. The minimum atomic E-state index is -4.07. The van der Waals surface area contributed by atoms with Gasteiger partial charge in [0, 0.05) is 0 Å². The molecule has 110 valence electrons. The van der Waals surface area contributed by atoms with Crippen molar-refractivity contribution >= 4 is 50.0 Å². The molecule has 0 radical (unpaired) electrons. The van der Waals surface area contributed by atoms with Crippen LogP contribution in [0.25, 0.3) is 0 Å². The molecule has 4 nitrogen and oxygen atoms in total. The van der Waals surface area contributed by atoms with Gasteiger partial charge < -0.3 is 5.73 Å². The van der Waals surface area contributed by atoms with Crippen LogP contribution in [0.5, 0.6) is 0 Å². The molecule has 1 aromatic rings. The normalized spacial score (nSPS) is 12.1. The van der Waals surface area contributed by atoms with E-state index >= 15 is 0 Å². The van der Waals surface area contributed by atoms with Crippen molar-refractivity contribution in [1.82, 2.24) is 4.72 Å². The quantitative estimate of drug-likeness (QED) is 0.798.